The van der Waals surface area contributed by atoms with Crippen LogP contribution in [0.25, 0.3) is 10.9 Å². The maximum atomic E-state index is 13.5. The van der Waals surface area contributed by atoms with Crippen LogP contribution in [0.15, 0.2) is 53.3 Å². The third-order valence-electron chi connectivity index (χ3n) is 7.89. The molecule has 1 aliphatic carbocycles. The Hall–Kier alpha value is -3.56. The fourth-order valence-electron chi connectivity index (χ4n) is 6.20. The topological polar surface area (TPSA) is 106 Å². The lowest BCUT2D eigenvalue weighted by Gasteiger charge is -2.35. The minimum atomic E-state index is -1.00. The van der Waals surface area contributed by atoms with E-state index in [-0.39, 0.29) is 23.8 Å². The van der Waals surface area contributed by atoms with Crippen LogP contribution in [0.4, 0.5) is 5.69 Å². The SMILES string of the molecule is O=C1N[C@H]2O[C@@]3(C[C@@H]1n1c2nc2ccccc2c1=O)c1ccccc1N1C(=O)C2(CC2)N[C@H]13. The summed E-state index contributed by atoms with van der Waals surface area (Å²) >= 11 is 0. The Morgan fingerprint density at radius 2 is 1.82 bits per heavy atom. The summed E-state index contributed by atoms with van der Waals surface area (Å²) in [4.78, 5) is 46.6. The molecule has 0 radical (unpaired) electrons. The number of para-hydroxylation sites is 2. The molecule has 1 aromatic heterocycles. The van der Waals surface area contributed by atoms with E-state index in [0.717, 1.165) is 24.1 Å². The second-order valence-electron chi connectivity index (χ2n) is 9.60. The van der Waals surface area contributed by atoms with Gasteiger partial charge >= 0.3 is 0 Å². The Morgan fingerprint density at radius 1 is 1.03 bits per heavy atom. The van der Waals surface area contributed by atoms with Crippen LogP contribution in [0.1, 0.15) is 42.9 Å². The highest BCUT2D eigenvalue weighted by Crippen LogP contribution is 2.58. The number of fused-ring (bicyclic) bond motifs is 5. The molecule has 3 aromatic rings. The largest absolute Gasteiger partial charge is 0.336 e. The van der Waals surface area contributed by atoms with Crippen molar-refractivity contribution >= 4 is 28.4 Å². The first-order valence-electron chi connectivity index (χ1n) is 11.2. The molecule has 9 nitrogen and oxygen atoms in total. The van der Waals surface area contributed by atoms with Gasteiger partial charge < -0.3 is 10.1 Å². The number of hydrogen-bond donors (Lipinski definition) is 2. The Bertz CT molecular complexity index is 1490. The number of ether oxygens (including phenoxy) is 1. The van der Waals surface area contributed by atoms with Crippen LogP contribution in [0, 0.1) is 0 Å². The number of hydrogen-bond acceptors (Lipinski definition) is 6. The van der Waals surface area contributed by atoms with E-state index in [1.54, 1.807) is 23.1 Å². The zero-order valence-electron chi connectivity index (χ0n) is 17.4. The summed E-state index contributed by atoms with van der Waals surface area (Å²) in [7, 11) is 0. The molecule has 2 N–H and O–H groups in total. The van der Waals surface area contributed by atoms with Crippen molar-refractivity contribution < 1.29 is 14.3 Å². The average Bonchev–Trinajstić information content (AvgIpc) is 3.54. The van der Waals surface area contributed by atoms with Gasteiger partial charge in [0, 0.05) is 12.0 Å². The molecule has 2 spiro atoms. The zero-order chi connectivity index (χ0) is 22.1. The number of benzene rings is 2. The number of nitrogens with zero attached hydrogens (tertiary/aromatic N) is 3. The fourth-order valence-corrected chi connectivity index (χ4v) is 6.20. The number of anilines is 1. The van der Waals surface area contributed by atoms with Crippen molar-refractivity contribution in [1.29, 1.82) is 0 Å². The highest BCUT2D eigenvalue weighted by molar-refractivity contribution is 6.07. The molecule has 6 aliphatic rings. The van der Waals surface area contributed by atoms with E-state index < -0.39 is 29.6 Å². The van der Waals surface area contributed by atoms with E-state index in [4.69, 9.17) is 9.72 Å². The summed E-state index contributed by atoms with van der Waals surface area (Å²) in [6.45, 7) is 0. The molecule has 164 valence electrons. The van der Waals surface area contributed by atoms with Gasteiger partial charge in [-0.25, -0.2) is 4.98 Å². The van der Waals surface area contributed by atoms with Gasteiger partial charge in [0.1, 0.15) is 23.3 Å². The van der Waals surface area contributed by atoms with Gasteiger partial charge in [-0.05, 0) is 31.0 Å². The van der Waals surface area contributed by atoms with Crippen LogP contribution in [0.2, 0.25) is 0 Å². The van der Waals surface area contributed by atoms with E-state index in [1.165, 1.54) is 4.57 Å². The molecule has 1 saturated carbocycles. The van der Waals surface area contributed by atoms with Gasteiger partial charge in [-0.15, -0.1) is 0 Å². The number of carbonyl (C=O) groups excluding carboxylic acids is 2. The molecular formula is C24H19N5O4. The third kappa shape index (κ3) is 1.97. The van der Waals surface area contributed by atoms with Gasteiger partial charge in [-0.1, -0.05) is 30.3 Å². The Morgan fingerprint density at radius 3 is 2.67 bits per heavy atom. The molecule has 2 saturated heterocycles. The van der Waals surface area contributed by atoms with Crippen molar-refractivity contribution in [2.24, 2.45) is 0 Å². The summed E-state index contributed by atoms with van der Waals surface area (Å²) in [5.41, 5.74) is 0.411. The molecule has 5 aliphatic heterocycles. The van der Waals surface area contributed by atoms with Gasteiger partial charge in [0.15, 0.2) is 12.1 Å². The highest BCUT2D eigenvalue weighted by Gasteiger charge is 2.70. The molecule has 2 aromatic carbocycles. The number of nitrogens with one attached hydrogen (secondary N) is 2. The standard InChI is InChI=1S/C24H19N5O4/c30-18-16-11-24(13-6-2-4-8-15(13)29-21(24)27-23(9-10-23)22(29)32)33-19(26-18)17-25-14-7-3-1-5-12(14)20(31)28(16)17/h1-8,16,19,21,27H,9-11H2,(H,26,30)/t16-,19-,21+,24-/m0/s1. The first-order valence-corrected chi connectivity index (χ1v) is 11.2. The van der Waals surface area contributed by atoms with Crippen LogP contribution in [-0.4, -0.2) is 33.1 Å². The number of rotatable bonds is 0. The molecule has 3 fully saturated rings. The summed E-state index contributed by atoms with van der Waals surface area (Å²) in [5.74, 6) is 0.168. The summed E-state index contributed by atoms with van der Waals surface area (Å²) in [5, 5.41) is 6.94. The predicted octanol–water partition coefficient (Wildman–Crippen LogP) is 1.19. The van der Waals surface area contributed by atoms with E-state index in [0.29, 0.717) is 16.7 Å². The Labute approximate surface area is 187 Å². The van der Waals surface area contributed by atoms with Gasteiger partial charge in [0.2, 0.25) is 11.8 Å². The first-order chi connectivity index (χ1) is 16.0. The van der Waals surface area contributed by atoms with Gasteiger partial charge in [-0.3, -0.25) is 29.2 Å². The van der Waals surface area contributed by atoms with Crippen molar-refractivity contribution in [3.8, 4) is 0 Å². The number of aromatic nitrogens is 2. The van der Waals surface area contributed by atoms with Gasteiger partial charge in [0.05, 0.1) is 16.6 Å². The molecule has 4 atom stereocenters. The summed E-state index contributed by atoms with van der Waals surface area (Å²) in [6, 6.07) is 14.0. The number of carbonyl (C=O) groups is 2. The smallest absolute Gasteiger partial charge is 0.262 e. The molecule has 33 heavy (non-hydrogen) atoms. The van der Waals surface area contributed by atoms with Crippen LogP contribution in [0.3, 0.4) is 0 Å². The van der Waals surface area contributed by atoms with Gasteiger partial charge in [0.25, 0.3) is 5.56 Å². The lowest BCUT2D eigenvalue weighted by atomic mass is 9.86. The predicted molar refractivity (Wildman–Crippen MR) is 116 cm³/mol. The fraction of sp³-hybridized carbons (Fsp3) is 0.333. The molecule has 2 bridgehead atoms. The monoisotopic (exact) mass is 441 g/mol. The van der Waals surface area contributed by atoms with E-state index in [1.807, 2.05) is 30.3 Å². The molecule has 6 heterocycles. The molecular weight excluding hydrogens is 422 g/mol. The average molecular weight is 441 g/mol. The summed E-state index contributed by atoms with van der Waals surface area (Å²) < 4.78 is 8.25. The van der Waals surface area contributed by atoms with E-state index in [2.05, 4.69) is 10.6 Å². The van der Waals surface area contributed by atoms with E-state index in [9.17, 15) is 14.4 Å². The van der Waals surface area contributed by atoms with Crippen molar-refractivity contribution in [1.82, 2.24) is 20.2 Å². The van der Waals surface area contributed by atoms with Crippen molar-refractivity contribution in [2.45, 2.75) is 48.8 Å². The molecule has 9 rings (SSSR count). The van der Waals surface area contributed by atoms with Crippen LogP contribution < -0.4 is 21.1 Å². The Kier molecular flexibility index (Phi) is 2.98. The van der Waals surface area contributed by atoms with Crippen molar-refractivity contribution in [2.75, 3.05) is 4.90 Å². The highest BCUT2D eigenvalue weighted by atomic mass is 16.5. The maximum Gasteiger partial charge on any atom is 0.262 e. The third-order valence-corrected chi connectivity index (χ3v) is 7.89. The zero-order valence-corrected chi connectivity index (χ0v) is 17.4. The van der Waals surface area contributed by atoms with Crippen LogP contribution >= 0.6 is 0 Å². The van der Waals surface area contributed by atoms with Crippen molar-refractivity contribution in [3.63, 3.8) is 0 Å². The quantitative estimate of drug-likeness (QED) is 0.543. The second-order valence-corrected chi connectivity index (χ2v) is 9.60. The normalized spacial score (nSPS) is 32.1. The minimum absolute atomic E-state index is 0.0508. The van der Waals surface area contributed by atoms with Gasteiger partial charge in [-0.2, -0.15) is 0 Å². The maximum absolute atomic E-state index is 13.5. The van der Waals surface area contributed by atoms with Crippen LogP contribution in [-0.2, 0) is 19.9 Å². The minimum Gasteiger partial charge on any atom is -0.336 e. The molecule has 0 unspecified atom stereocenters. The first kappa shape index (κ1) is 17.9. The lowest BCUT2D eigenvalue weighted by Crippen LogP contribution is -2.51. The van der Waals surface area contributed by atoms with Crippen molar-refractivity contribution in [3.05, 3.63) is 70.3 Å². The number of amides is 2. The molecule has 9 heteroatoms. The summed E-state index contributed by atoms with van der Waals surface area (Å²) in [6.07, 6.45) is 0.425. The lowest BCUT2D eigenvalue weighted by molar-refractivity contribution is -0.135. The van der Waals surface area contributed by atoms with Crippen LogP contribution in [0.5, 0.6) is 0 Å². The Balaban J connectivity index is 1.38. The molecule has 2 amide bonds. The van der Waals surface area contributed by atoms with E-state index >= 15 is 0 Å². The second kappa shape index (κ2) is 5.49.